The van der Waals surface area contributed by atoms with E-state index in [1.165, 1.54) is 0 Å². The van der Waals surface area contributed by atoms with Crippen LogP contribution in [0, 0.1) is 11.8 Å². The van der Waals surface area contributed by atoms with Gasteiger partial charge in [0.05, 0.1) is 11.4 Å². The summed E-state index contributed by atoms with van der Waals surface area (Å²) in [6.07, 6.45) is 5.66. The molecule has 0 N–H and O–H groups in total. The predicted molar refractivity (Wildman–Crippen MR) is 111 cm³/mol. The summed E-state index contributed by atoms with van der Waals surface area (Å²) >= 11 is 1.94. The van der Waals surface area contributed by atoms with Gasteiger partial charge in [0.25, 0.3) is 0 Å². The summed E-state index contributed by atoms with van der Waals surface area (Å²) in [5, 5.41) is 9.07. The summed E-state index contributed by atoms with van der Waals surface area (Å²) in [5.74, 6) is 1.18. The highest BCUT2D eigenvalue weighted by molar-refractivity contribution is 7.99. The molecule has 0 saturated heterocycles. The molecule has 0 radical (unpaired) electrons. The molecule has 148 valence electrons. The lowest BCUT2D eigenvalue weighted by Crippen LogP contribution is -2.39. The first-order valence-electron chi connectivity index (χ1n) is 9.69. The van der Waals surface area contributed by atoms with Gasteiger partial charge in [-0.1, -0.05) is 50.2 Å². The van der Waals surface area contributed by atoms with Crippen LogP contribution in [0.3, 0.4) is 0 Å². The van der Waals surface area contributed by atoms with Crippen LogP contribution in [0.5, 0.6) is 0 Å². The standard InChI is InChI=1S/C20H34N2O3S/c1-6-10-17(21-24-8-3)20-18(22-25-11-7-2)13-16(14-19(20)23)12-15(5)26-9-4/h7,15-16,20H,2,6,8-14H2,1,3-5H3/b21-17-,22-18-/t15-,16-,20+/m0/s1. The number of oxime groups is 2. The number of nitrogens with zero attached hydrogens (tertiary/aromatic N) is 2. The monoisotopic (exact) mass is 382 g/mol. The van der Waals surface area contributed by atoms with Gasteiger partial charge in [0.1, 0.15) is 24.9 Å². The maximum atomic E-state index is 13.0. The van der Waals surface area contributed by atoms with E-state index in [4.69, 9.17) is 9.68 Å². The lowest BCUT2D eigenvalue weighted by atomic mass is 9.75. The van der Waals surface area contributed by atoms with E-state index >= 15 is 0 Å². The van der Waals surface area contributed by atoms with Crippen LogP contribution in [0.1, 0.15) is 59.8 Å². The zero-order valence-electron chi connectivity index (χ0n) is 16.7. The van der Waals surface area contributed by atoms with Crippen molar-refractivity contribution in [3.8, 4) is 0 Å². The molecule has 0 unspecified atom stereocenters. The van der Waals surface area contributed by atoms with Gasteiger partial charge in [-0.05, 0) is 37.9 Å². The smallest absolute Gasteiger partial charge is 0.147 e. The van der Waals surface area contributed by atoms with Crippen LogP contribution in [0.25, 0.3) is 0 Å². The van der Waals surface area contributed by atoms with E-state index in [-0.39, 0.29) is 5.78 Å². The summed E-state index contributed by atoms with van der Waals surface area (Å²) in [7, 11) is 0. The maximum Gasteiger partial charge on any atom is 0.147 e. The highest BCUT2D eigenvalue weighted by atomic mass is 32.2. The van der Waals surface area contributed by atoms with E-state index in [0.29, 0.717) is 30.8 Å². The molecule has 0 spiro atoms. The minimum Gasteiger partial charge on any atom is -0.396 e. The predicted octanol–water partition coefficient (Wildman–Crippen LogP) is 4.86. The summed E-state index contributed by atoms with van der Waals surface area (Å²) in [6.45, 7) is 12.8. The van der Waals surface area contributed by atoms with Gasteiger partial charge in [-0.2, -0.15) is 11.8 Å². The second-order valence-corrected chi connectivity index (χ2v) is 8.31. The topological polar surface area (TPSA) is 60.2 Å². The number of hydrogen-bond donors (Lipinski definition) is 0. The van der Waals surface area contributed by atoms with Gasteiger partial charge in [-0.15, -0.1) is 0 Å². The van der Waals surface area contributed by atoms with Crippen LogP contribution in [-0.2, 0) is 14.5 Å². The van der Waals surface area contributed by atoms with Crippen LogP contribution in [-0.4, -0.2) is 41.4 Å². The molecular formula is C20H34N2O3S. The molecule has 3 atom stereocenters. The molecule has 26 heavy (non-hydrogen) atoms. The Morgan fingerprint density at radius 1 is 1.35 bits per heavy atom. The molecule has 1 aliphatic carbocycles. The number of carbonyl (C=O) groups excluding carboxylic acids is 1. The van der Waals surface area contributed by atoms with Crippen molar-refractivity contribution in [3.63, 3.8) is 0 Å². The average molecular weight is 383 g/mol. The molecule has 0 amide bonds. The second-order valence-electron chi connectivity index (χ2n) is 6.59. The number of Topliss-reactive ketones (excluding diaryl/α,β-unsaturated/α-hetero) is 1. The van der Waals surface area contributed by atoms with Crippen molar-refractivity contribution in [1.82, 2.24) is 0 Å². The highest BCUT2D eigenvalue weighted by Crippen LogP contribution is 2.32. The molecule has 1 aliphatic rings. The molecule has 0 aromatic heterocycles. The number of ketones is 1. The van der Waals surface area contributed by atoms with Gasteiger partial charge in [0, 0.05) is 11.7 Å². The number of carbonyl (C=O) groups is 1. The van der Waals surface area contributed by atoms with Crippen molar-refractivity contribution in [1.29, 1.82) is 0 Å². The first kappa shape index (κ1) is 22.7. The van der Waals surface area contributed by atoms with Crippen molar-refractivity contribution in [2.24, 2.45) is 22.1 Å². The van der Waals surface area contributed by atoms with Crippen LogP contribution in [0.15, 0.2) is 23.0 Å². The Balaban J connectivity index is 3.01. The Kier molecular flexibility index (Phi) is 11.3. The largest absolute Gasteiger partial charge is 0.396 e. The van der Waals surface area contributed by atoms with E-state index in [9.17, 15) is 4.79 Å². The molecule has 6 heteroatoms. The summed E-state index contributed by atoms with van der Waals surface area (Å²) in [4.78, 5) is 23.6. The number of thioether (sulfide) groups is 1. The molecule has 1 fully saturated rings. The Labute approximate surface area is 162 Å². The van der Waals surface area contributed by atoms with Gasteiger partial charge in [-0.3, -0.25) is 4.79 Å². The zero-order valence-corrected chi connectivity index (χ0v) is 17.5. The third-order valence-corrected chi connectivity index (χ3v) is 5.38. The fourth-order valence-electron chi connectivity index (χ4n) is 3.35. The average Bonchev–Trinajstić information content (AvgIpc) is 2.59. The first-order valence-corrected chi connectivity index (χ1v) is 10.7. The van der Waals surface area contributed by atoms with Gasteiger partial charge in [-0.25, -0.2) is 0 Å². The molecule has 0 heterocycles. The maximum absolute atomic E-state index is 13.0. The molecule has 1 rings (SSSR count). The Hall–Kier alpha value is -1.30. The summed E-state index contributed by atoms with van der Waals surface area (Å²) in [6, 6.07) is 0. The number of rotatable bonds is 12. The summed E-state index contributed by atoms with van der Waals surface area (Å²) in [5.41, 5.74) is 1.56. The number of hydrogen-bond acceptors (Lipinski definition) is 6. The lowest BCUT2D eigenvalue weighted by Gasteiger charge is -2.30. The van der Waals surface area contributed by atoms with E-state index in [1.807, 2.05) is 18.7 Å². The summed E-state index contributed by atoms with van der Waals surface area (Å²) < 4.78 is 0. The van der Waals surface area contributed by atoms with E-state index in [0.717, 1.165) is 42.9 Å². The van der Waals surface area contributed by atoms with Crippen molar-refractivity contribution in [3.05, 3.63) is 12.7 Å². The molecule has 0 aromatic carbocycles. The first-order chi connectivity index (χ1) is 12.6. The quantitative estimate of drug-likeness (QED) is 0.209. The SMILES string of the molecule is C=CCO/N=C1/C[C@H](C[C@H](C)SCC)CC(=O)[C@@H]1/C(CCC)=N\OCC. The van der Waals surface area contributed by atoms with Crippen molar-refractivity contribution in [2.45, 2.75) is 65.0 Å². The highest BCUT2D eigenvalue weighted by Gasteiger charge is 2.38. The molecular weight excluding hydrogens is 348 g/mol. The van der Waals surface area contributed by atoms with Crippen LogP contribution in [0.4, 0.5) is 0 Å². The third-order valence-electron chi connectivity index (χ3n) is 4.28. The molecule has 0 aromatic rings. The second kappa shape index (κ2) is 13.0. The van der Waals surface area contributed by atoms with Gasteiger partial charge in [0.2, 0.25) is 0 Å². The van der Waals surface area contributed by atoms with Crippen molar-refractivity contribution < 1.29 is 14.5 Å². The lowest BCUT2D eigenvalue weighted by molar-refractivity contribution is -0.121. The van der Waals surface area contributed by atoms with E-state index in [1.54, 1.807) is 6.08 Å². The minimum atomic E-state index is -0.406. The van der Waals surface area contributed by atoms with Crippen molar-refractivity contribution >= 4 is 29.0 Å². The molecule has 0 bridgehead atoms. The molecule has 1 saturated carbocycles. The van der Waals surface area contributed by atoms with Crippen LogP contribution >= 0.6 is 11.8 Å². The fourth-order valence-corrected chi connectivity index (χ4v) is 4.33. The Morgan fingerprint density at radius 2 is 2.12 bits per heavy atom. The van der Waals surface area contributed by atoms with Gasteiger partial charge in [0.15, 0.2) is 0 Å². The fraction of sp³-hybridized carbons (Fsp3) is 0.750. The third kappa shape index (κ3) is 7.52. The normalized spacial score (nSPS) is 23.8. The van der Waals surface area contributed by atoms with Crippen molar-refractivity contribution in [2.75, 3.05) is 19.0 Å². The molecule has 0 aliphatic heterocycles. The van der Waals surface area contributed by atoms with E-state index in [2.05, 4.69) is 37.7 Å². The zero-order chi connectivity index (χ0) is 19.4. The molecule has 5 nitrogen and oxygen atoms in total. The van der Waals surface area contributed by atoms with E-state index < -0.39 is 5.92 Å². The van der Waals surface area contributed by atoms with Crippen LogP contribution < -0.4 is 0 Å². The Morgan fingerprint density at radius 3 is 2.73 bits per heavy atom. The minimum absolute atomic E-state index is 0.183. The van der Waals surface area contributed by atoms with Gasteiger partial charge < -0.3 is 9.68 Å². The van der Waals surface area contributed by atoms with Gasteiger partial charge >= 0.3 is 0 Å². The Bertz CT molecular complexity index is 505. The van der Waals surface area contributed by atoms with Crippen LogP contribution in [0.2, 0.25) is 0 Å².